The highest BCUT2D eigenvalue weighted by Crippen LogP contribution is 2.40. The predicted octanol–water partition coefficient (Wildman–Crippen LogP) is -0.424. The number of rotatable bonds is 9. The fraction of sp³-hybridized carbons (Fsp3) is 0.591. The van der Waals surface area contributed by atoms with E-state index in [1.807, 2.05) is 6.07 Å². The van der Waals surface area contributed by atoms with Gasteiger partial charge in [-0.25, -0.2) is 14.3 Å². The van der Waals surface area contributed by atoms with E-state index in [2.05, 4.69) is 10.1 Å². The minimum atomic E-state index is -2.01. The number of nitrogen functional groups attached to an aromatic ring is 1. The number of ether oxygens (including phenoxy) is 4. The maximum absolute atomic E-state index is 12.2. The van der Waals surface area contributed by atoms with E-state index in [9.17, 15) is 25.1 Å². The van der Waals surface area contributed by atoms with Gasteiger partial charge in [0.15, 0.2) is 5.82 Å². The Morgan fingerprint density at radius 2 is 2.06 bits per heavy atom. The number of aliphatic hydroxyl groups excluding tert-OH is 2. The van der Waals surface area contributed by atoms with Crippen molar-refractivity contribution in [1.82, 2.24) is 19.5 Å². The normalized spacial score (nSPS) is 24.6. The van der Waals surface area contributed by atoms with Crippen molar-refractivity contribution < 1.29 is 38.7 Å². The number of nitriles is 1. The van der Waals surface area contributed by atoms with Crippen LogP contribution >= 0.6 is 0 Å². The Hall–Kier alpha value is -3.51. The molecule has 1 fully saturated rings. The zero-order chi connectivity index (χ0) is 26.6. The van der Waals surface area contributed by atoms with Crippen LogP contribution < -0.4 is 5.73 Å². The summed E-state index contributed by atoms with van der Waals surface area (Å²) in [5.74, 6) is -0.296. The van der Waals surface area contributed by atoms with Gasteiger partial charge in [-0.15, -0.1) is 0 Å². The van der Waals surface area contributed by atoms with Crippen LogP contribution in [0, 0.1) is 11.3 Å². The van der Waals surface area contributed by atoms with Gasteiger partial charge < -0.3 is 34.9 Å². The van der Waals surface area contributed by atoms with Crippen molar-refractivity contribution in [3.63, 3.8) is 0 Å². The first-order valence-corrected chi connectivity index (χ1v) is 11.2. The van der Waals surface area contributed by atoms with Crippen LogP contribution in [-0.2, 0) is 29.3 Å². The van der Waals surface area contributed by atoms with Crippen LogP contribution in [0.4, 0.5) is 10.6 Å². The van der Waals surface area contributed by atoms with Crippen LogP contribution in [0.5, 0.6) is 0 Å². The highest BCUT2D eigenvalue weighted by atomic mass is 16.7. The Labute approximate surface area is 207 Å². The van der Waals surface area contributed by atoms with E-state index >= 15 is 0 Å². The SMILES string of the molecule is CC(C)OC(=O)[C@H](CCOC(=O)OC[C@H]1O[C@@](C#N)(c2ccc3c(N)ncnn23)[C@H](O)[C@@H]1O)N(C)C. The highest BCUT2D eigenvalue weighted by molar-refractivity contribution is 5.76. The summed E-state index contributed by atoms with van der Waals surface area (Å²) in [6.45, 7) is 2.83. The van der Waals surface area contributed by atoms with Gasteiger partial charge in [-0.1, -0.05) is 0 Å². The number of carbonyl (C=O) groups excluding carboxylic acids is 2. The summed E-state index contributed by atoms with van der Waals surface area (Å²) in [7, 11) is 3.40. The van der Waals surface area contributed by atoms with Gasteiger partial charge in [0.05, 0.1) is 18.4 Å². The Morgan fingerprint density at radius 1 is 1.33 bits per heavy atom. The molecule has 2 aromatic heterocycles. The zero-order valence-corrected chi connectivity index (χ0v) is 20.4. The fourth-order valence-corrected chi connectivity index (χ4v) is 3.89. The molecule has 0 radical (unpaired) electrons. The average Bonchev–Trinajstić information content (AvgIpc) is 3.36. The molecule has 1 saturated heterocycles. The molecule has 4 N–H and O–H groups in total. The Kier molecular flexibility index (Phi) is 8.31. The summed E-state index contributed by atoms with van der Waals surface area (Å²) in [6.07, 6.45) is -4.51. The van der Waals surface area contributed by atoms with E-state index in [0.29, 0.717) is 5.52 Å². The molecule has 3 rings (SSSR count). The first-order valence-electron chi connectivity index (χ1n) is 11.2. The number of anilines is 1. The smallest absolute Gasteiger partial charge is 0.462 e. The van der Waals surface area contributed by atoms with Crippen molar-refractivity contribution in [2.24, 2.45) is 0 Å². The summed E-state index contributed by atoms with van der Waals surface area (Å²) in [5, 5.41) is 35.2. The minimum Gasteiger partial charge on any atom is -0.462 e. The minimum absolute atomic E-state index is 0.119. The molecule has 0 amide bonds. The molecule has 14 heteroatoms. The van der Waals surface area contributed by atoms with Gasteiger partial charge in [0.25, 0.3) is 0 Å². The molecule has 1 aliphatic rings. The maximum atomic E-state index is 12.2. The quantitative estimate of drug-likeness (QED) is 0.371. The largest absolute Gasteiger partial charge is 0.508 e. The number of nitrogens with zero attached hydrogens (tertiary/aromatic N) is 5. The lowest BCUT2D eigenvalue weighted by Gasteiger charge is -2.24. The van der Waals surface area contributed by atoms with Crippen LogP contribution in [0.1, 0.15) is 26.0 Å². The topological polar surface area (TPSA) is 195 Å². The van der Waals surface area contributed by atoms with Crippen LogP contribution in [0.25, 0.3) is 5.52 Å². The maximum Gasteiger partial charge on any atom is 0.508 e. The van der Waals surface area contributed by atoms with Gasteiger partial charge >= 0.3 is 12.1 Å². The molecule has 2 aromatic rings. The number of esters is 1. The van der Waals surface area contributed by atoms with Gasteiger partial charge in [-0.3, -0.25) is 9.69 Å². The van der Waals surface area contributed by atoms with Gasteiger partial charge in [-0.2, -0.15) is 10.4 Å². The number of aromatic nitrogens is 3. The Balaban J connectivity index is 1.60. The van der Waals surface area contributed by atoms with Crippen LogP contribution in [0.2, 0.25) is 0 Å². The monoisotopic (exact) mass is 506 g/mol. The second-order valence-electron chi connectivity index (χ2n) is 8.76. The van der Waals surface area contributed by atoms with Crippen molar-refractivity contribution in [3.05, 3.63) is 24.2 Å². The number of aliphatic hydroxyl groups is 2. The molecular formula is C22H30N6O8. The first kappa shape index (κ1) is 27.1. The summed E-state index contributed by atoms with van der Waals surface area (Å²) >= 11 is 0. The molecule has 36 heavy (non-hydrogen) atoms. The lowest BCUT2D eigenvalue weighted by molar-refractivity contribution is -0.153. The van der Waals surface area contributed by atoms with Gasteiger partial charge in [-0.05, 0) is 40.1 Å². The number of hydrogen-bond donors (Lipinski definition) is 3. The molecule has 14 nitrogen and oxygen atoms in total. The molecule has 1 aliphatic heterocycles. The van der Waals surface area contributed by atoms with Crippen molar-refractivity contribution >= 4 is 23.5 Å². The van der Waals surface area contributed by atoms with E-state index in [0.717, 1.165) is 0 Å². The average molecular weight is 507 g/mol. The third-order valence-electron chi connectivity index (χ3n) is 5.71. The van der Waals surface area contributed by atoms with Crippen molar-refractivity contribution in [2.45, 2.75) is 56.3 Å². The number of likely N-dealkylation sites (N-methyl/N-ethyl adjacent to an activating group) is 1. The third kappa shape index (κ3) is 5.34. The summed E-state index contributed by atoms with van der Waals surface area (Å²) in [6, 6.07) is 4.29. The second-order valence-corrected chi connectivity index (χ2v) is 8.76. The van der Waals surface area contributed by atoms with E-state index in [1.54, 1.807) is 38.9 Å². The lowest BCUT2D eigenvalue weighted by atomic mass is 9.92. The standard InChI is InChI=1S/C22H30N6O8/c1-12(2)35-20(31)14(27(3)4)7-8-33-21(32)34-9-15-17(29)18(30)22(10-23,36-15)16-6-5-13-19(24)25-11-26-28(13)16/h5-6,11-12,14-15,17-18,29-30H,7-9H2,1-4H3,(H2,24,25,26)/t14-,15+,17+,18+,22-/m0/s1. The summed E-state index contributed by atoms with van der Waals surface area (Å²) in [4.78, 5) is 29.8. The third-order valence-corrected chi connectivity index (χ3v) is 5.71. The van der Waals surface area contributed by atoms with Crippen molar-refractivity contribution in [3.8, 4) is 6.07 Å². The molecule has 0 spiro atoms. The number of nitrogens with two attached hydrogens (primary N) is 1. The molecule has 0 aliphatic carbocycles. The fourth-order valence-electron chi connectivity index (χ4n) is 3.89. The molecule has 5 atom stereocenters. The number of fused-ring (bicyclic) bond motifs is 1. The van der Waals surface area contributed by atoms with E-state index in [1.165, 1.54) is 16.9 Å². The Morgan fingerprint density at radius 3 is 2.69 bits per heavy atom. The van der Waals surface area contributed by atoms with Crippen LogP contribution in [0.3, 0.4) is 0 Å². The molecule has 0 aromatic carbocycles. The second kappa shape index (κ2) is 11.0. The van der Waals surface area contributed by atoms with Gasteiger partial charge in [0.2, 0.25) is 5.60 Å². The van der Waals surface area contributed by atoms with Crippen molar-refractivity contribution in [1.29, 1.82) is 5.26 Å². The van der Waals surface area contributed by atoms with Crippen LogP contribution in [0.15, 0.2) is 18.5 Å². The lowest BCUT2D eigenvalue weighted by Crippen LogP contribution is -2.41. The molecule has 0 bridgehead atoms. The van der Waals surface area contributed by atoms with E-state index in [4.69, 9.17) is 24.7 Å². The van der Waals surface area contributed by atoms with Crippen molar-refractivity contribution in [2.75, 3.05) is 33.0 Å². The molecule has 3 heterocycles. The van der Waals surface area contributed by atoms with Crippen LogP contribution in [-0.4, -0.2) is 99.6 Å². The highest BCUT2D eigenvalue weighted by Gasteiger charge is 2.57. The molecule has 196 valence electrons. The number of carbonyl (C=O) groups is 2. The van der Waals surface area contributed by atoms with Gasteiger partial charge in [0.1, 0.15) is 48.9 Å². The summed E-state index contributed by atoms with van der Waals surface area (Å²) < 4.78 is 22.3. The zero-order valence-electron chi connectivity index (χ0n) is 20.4. The van der Waals surface area contributed by atoms with E-state index in [-0.39, 0.29) is 30.6 Å². The molecule has 0 saturated carbocycles. The molecule has 0 unspecified atom stereocenters. The first-order chi connectivity index (χ1) is 17.0. The Bertz CT molecular complexity index is 1130. The van der Waals surface area contributed by atoms with Gasteiger partial charge in [0, 0.05) is 6.42 Å². The van der Waals surface area contributed by atoms with E-state index < -0.39 is 48.7 Å². The predicted molar refractivity (Wildman–Crippen MR) is 122 cm³/mol. The summed E-state index contributed by atoms with van der Waals surface area (Å²) in [5.41, 5.74) is 4.31. The number of hydrogen-bond acceptors (Lipinski definition) is 13. The molecular weight excluding hydrogens is 476 g/mol.